The van der Waals surface area contributed by atoms with Crippen LogP contribution >= 0.6 is 0 Å². The van der Waals surface area contributed by atoms with Crippen molar-refractivity contribution in [1.82, 2.24) is 19.9 Å². The molecule has 0 saturated heterocycles. The van der Waals surface area contributed by atoms with Crippen LogP contribution in [0.5, 0.6) is 0 Å². The average molecular weight is 753 g/mol. The lowest BCUT2D eigenvalue weighted by Gasteiger charge is -2.16. The molecule has 3 aromatic heterocycles. The summed E-state index contributed by atoms with van der Waals surface area (Å²) in [6.45, 7) is 0. The summed E-state index contributed by atoms with van der Waals surface area (Å²) in [5, 5.41) is 9.93. The Balaban J connectivity index is 1.08. The van der Waals surface area contributed by atoms with Crippen LogP contribution in [0, 0.1) is 0 Å². The van der Waals surface area contributed by atoms with Crippen LogP contribution in [-0.4, -0.2) is 19.9 Å². The summed E-state index contributed by atoms with van der Waals surface area (Å²) < 4.78 is 6.60. The van der Waals surface area contributed by atoms with Gasteiger partial charge in [0.2, 0.25) is 0 Å². The normalized spacial score (nSPS) is 11.7. The van der Waals surface area contributed by atoms with Crippen molar-refractivity contribution in [2.24, 2.45) is 0 Å². The average Bonchev–Trinajstić information content (AvgIpc) is 3.68. The van der Waals surface area contributed by atoms with E-state index in [0.29, 0.717) is 17.5 Å². The minimum atomic E-state index is 0.601. The highest BCUT2D eigenvalue weighted by molar-refractivity contribution is 6.27. The van der Waals surface area contributed by atoms with Gasteiger partial charge in [-0.25, -0.2) is 19.9 Å². The molecule has 0 N–H and O–H groups in total. The first-order valence-corrected chi connectivity index (χ1v) is 19.8. The molecule has 0 aliphatic rings. The SMILES string of the molecule is c1ccc(-c2c3c(cc4c(-c5ccc(-c6nc(-c7cccc8ccccc78)nc(-c7cccc8ccccc78)n6)cc5)nc5ccccc5c24)oc2ccccc23)cc1. The third kappa shape index (κ3) is 5.40. The molecule has 0 radical (unpaired) electrons. The summed E-state index contributed by atoms with van der Waals surface area (Å²) in [5.41, 5.74) is 9.57. The first kappa shape index (κ1) is 33.2. The smallest absolute Gasteiger partial charge is 0.164 e. The first-order chi connectivity index (χ1) is 29.2. The number of nitrogens with zero attached hydrogens (tertiary/aromatic N) is 4. The number of fused-ring (bicyclic) bond motifs is 8. The number of hydrogen-bond acceptors (Lipinski definition) is 5. The molecule has 12 aromatic rings. The molecule has 0 saturated carbocycles. The Labute approximate surface area is 338 Å². The van der Waals surface area contributed by atoms with Gasteiger partial charge in [-0.15, -0.1) is 0 Å². The summed E-state index contributed by atoms with van der Waals surface area (Å²) in [6.07, 6.45) is 0. The largest absolute Gasteiger partial charge is 0.456 e. The lowest BCUT2D eigenvalue weighted by Crippen LogP contribution is -2.01. The molecule has 0 atom stereocenters. The van der Waals surface area contributed by atoms with Crippen LogP contribution in [0.25, 0.3) is 122 Å². The molecule has 0 bridgehead atoms. The van der Waals surface area contributed by atoms with E-state index in [4.69, 9.17) is 24.4 Å². The Morgan fingerprint density at radius 3 is 1.56 bits per heavy atom. The quantitative estimate of drug-likeness (QED) is 0.164. The van der Waals surface area contributed by atoms with E-state index in [0.717, 1.165) is 104 Å². The highest BCUT2D eigenvalue weighted by Gasteiger charge is 2.22. The van der Waals surface area contributed by atoms with Gasteiger partial charge in [-0.3, -0.25) is 0 Å². The molecule has 0 aliphatic carbocycles. The van der Waals surface area contributed by atoms with E-state index in [2.05, 4.69) is 182 Å². The third-order valence-corrected chi connectivity index (χ3v) is 11.5. The number of rotatable bonds is 5. The van der Waals surface area contributed by atoms with E-state index in [1.54, 1.807) is 0 Å². The number of aromatic nitrogens is 4. The Kier molecular flexibility index (Phi) is 7.47. The molecule has 0 fully saturated rings. The zero-order valence-electron chi connectivity index (χ0n) is 31.7. The van der Waals surface area contributed by atoms with Crippen molar-refractivity contribution in [3.8, 4) is 56.5 Å². The van der Waals surface area contributed by atoms with Gasteiger partial charge >= 0.3 is 0 Å². The van der Waals surface area contributed by atoms with Crippen molar-refractivity contribution in [2.75, 3.05) is 0 Å². The summed E-state index contributed by atoms with van der Waals surface area (Å²) in [6, 6.07) is 67.3. The number of para-hydroxylation sites is 2. The van der Waals surface area contributed by atoms with Gasteiger partial charge in [0.15, 0.2) is 17.5 Å². The topological polar surface area (TPSA) is 64.7 Å². The van der Waals surface area contributed by atoms with Gasteiger partial charge < -0.3 is 4.42 Å². The molecule has 12 rings (SSSR count). The summed E-state index contributed by atoms with van der Waals surface area (Å²) in [7, 11) is 0. The molecule has 9 aromatic carbocycles. The van der Waals surface area contributed by atoms with Crippen molar-refractivity contribution in [1.29, 1.82) is 0 Å². The predicted octanol–water partition coefficient (Wildman–Crippen LogP) is 14.1. The van der Waals surface area contributed by atoms with Crippen molar-refractivity contribution in [3.05, 3.63) is 194 Å². The second-order valence-corrected chi connectivity index (χ2v) is 14.9. The molecule has 0 aliphatic heterocycles. The van der Waals surface area contributed by atoms with Crippen LogP contribution < -0.4 is 0 Å². The summed E-state index contributed by atoms with van der Waals surface area (Å²) >= 11 is 0. The van der Waals surface area contributed by atoms with E-state index in [1.807, 2.05) is 12.1 Å². The predicted molar refractivity (Wildman–Crippen MR) is 242 cm³/mol. The van der Waals surface area contributed by atoms with Crippen molar-refractivity contribution < 1.29 is 4.42 Å². The zero-order valence-corrected chi connectivity index (χ0v) is 31.7. The van der Waals surface area contributed by atoms with Crippen LogP contribution in [0.4, 0.5) is 0 Å². The van der Waals surface area contributed by atoms with Crippen LogP contribution in [0.3, 0.4) is 0 Å². The third-order valence-electron chi connectivity index (χ3n) is 11.5. The number of furan rings is 1. The molecule has 0 unspecified atom stereocenters. The Morgan fingerprint density at radius 1 is 0.322 bits per heavy atom. The van der Waals surface area contributed by atoms with Crippen molar-refractivity contribution >= 4 is 65.2 Å². The maximum Gasteiger partial charge on any atom is 0.164 e. The number of hydrogen-bond donors (Lipinski definition) is 0. The molecule has 0 amide bonds. The van der Waals surface area contributed by atoms with E-state index in [1.165, 1.54) is 0 Å². The lowest BCUT2D eigenvalue weighted by molar-refractivity contribution is 0.669. The van der Waals surface area contributed by atoms with Gasteiger partial charge in [-0.1, -0.05) is 176 Å². The Hall–Kier alpha value is -8.02. The van der Waals surface area contributed by atoms with Crippen LogP contribution in [0.1, 0.15) is 0 Å². The van der Waals surface area contributed by atoms with E-state index in [9.17, 15) is 0 Å². The highest BCUT2D eigenvalue weighted by Crippen LogP contribution is 2.46. The van der Waals surface area contributed by atoms with Crippen molar-refractivity contribution in [2.45, 2.75) is 0 Å². The van der Waals surface area contributed by atoms with Crippen LogP contribution in [-0.2, 0) is 0 Å². The monoisotopic (exact) mass is 752 g/mol. The Morgan fingerprint density at radius 2 is 0.864 bits per heavy atom. The van der Waals surface area contributed by atoms with E-state index < -0.39 is 0 Å². The number of benzene rings is 9. The summed E-state index contributed by atoms with van der Waals surface area (Å²) in [4.78, 5) is 20.9. The second-order valence-electron chi connectivity index (χ2n) is 14.9. The van der Waals surface area contributed by atoms with Crippen LogP contribution in [0.15, 0.2) is 199 Å². The fourth-order valence-corrected chi connectivity index (χ4v) is 8.79. The van der Waals surface area contributed by atoms with E-state index >= 15 is 0 Å². The maximum absolute atomic E-state index is 6.60. The van der Waals surface area contributed by atoms with Gasteiger partial charge in [0.1, 0.15) is 11.2 Å². The molecule has 0 spiro atoms. The molecular formula is C54H32N4O. The van der Waals surface area contributed by atoms with Gasteiger partial charge in [-0.05, 0) is 45.3 Å². The molecule has 3 heterocycles. The molecule has 5 nitrogen and oxygen atoms in total. The molecular weight excluding hydrogens is 721 g/mol. The van der Waals surface area contributed by atoms with Gasteiger partial charge in [-0.2, -0.15) is 0 Å². The zero-order chi connectivity index (χ0) is 38.9. The van der Waals surface area contributed by atoms with Gasteiger partial charge in [0, 0.05) is 54.7 Å². The minimum Gasteiger partial charge on any atom is -0.456 e. The molecule has 274 valence electrons. The number of pyridine rings is 1. The fourth-order valence-electron chi connectivity index (χ4n) is 8.79. The first-order valence-electron chi connectivity index (χ1n) is 19.8. The lowest BCUT2D eigenvalue weighted by atomic mass is 9.89. The highest BCUT2D eigenvalue weighted by atomic mass is 16.3. The van der Waals surface area contributed by atoms with E-state index in [-0.39, 0.29) is 0 Å². The molecule has 5 heteroatoms. The fraction of sp³-hybridized carbons (Fsp3) is 0. The van der Waals surface area contributed by atoms with Crippen LogP contribution in [0.2, 0.25) is 0 Å². The second kappa shape index (κ2) is 13.3. The standard InChI is InChI=1S/C54H32N4O/c1-2-16-35(17-3-1)48-49-42-22-8-10-26-45(42)55-51(44(49)32-47-50(48)43-23-9-11-27-46(43)59-47)36-28-30-37(31-29-36)52-56-53(40-24-12-18-33-14-4-6-20-38(33)40)58-54(57-52)41-25-13-19-34-15-5-7-21-39(34)41/h1-32H. The maximum atomic E-state index is 6.60. The van der Waals surface area contributed by atoms with Gasteiger partial charge in [0.25, 0.3) is 0 Å². The minimum absolute atomic E-state index is 0.601. The molecule has 59 heavy (non-hydrogen) atoms. The van der Waals surface area contributed by atoms with Crippen molar-refractivity contribution in [3.63, 3.8) is 0 Å². The summed E-state index contributed by atoms with van der Waals surface area (Å²) in [5.74, 6) is 1.86. The Bertz CT molecular complexity index is 3500. The van der Waals surface area contributed by atoms with Gasteiger partial charge in [0.05, 0.1) is 11.2 Å².